The summed E-state index contributed by atoms with van der Waals surface area (Å²) in [5.74, 6) is -1.49. The van der Waals surface area contributed by atoms with Crippen molar-refractivity contribution in [3.63, 3.8) is 0 Å². The highest BCUT2D eigenvalue weighted by atomic mass is 127. The number of halogens is 1. The van der Waals surface area contributed by atoms with Gasteiger partial charge in [0.05, 0.1) is 5.69 Å². The van der Waals surface area contributed by atoms with Gasteiger partial charge in [0, 0.05) is 29.3 Å². The summed E-state index contributed by atoms with van der Waals surface area (Å²) in [6.45, 7) is 0. The fraction of sp³-hybridized carbons (Fsp3) is 0.708. The van der Waals surface area contributed by atoms with E-state index in [1.165, 1.54) is 12.8 Å². The number of carbonyl (C=O) groups excluding carboxylic acids is 1. The molecule has 8 heteroatoms. The maximum atomic E-state index is 13.4. The zero-order valence-corrected chi connectivity index (χ0v) is 20.3. The SMILES string of the molecule is O=C(Nc1ccccc1I)[C@@H]1O[C@@H]2OC3(CCCCC3)O[C@@H]2[C@@H]2OC3(CCCCC3)O[C@@H]21. The molecule has 0 radical (unpaired) electrons. The largest absolute Gasteiger partial charge is 0.341 e. The van der Waals surface area contributed by atoms with Gasteiger partial charge < -0.3 is 29.0 Å². The molecule has 0 unspecified atom stereocenters. The van der Waals surface area contributed by atoms with Crippen molar-refractivity contribution in [3.8, 4) is 0 Å². The van der Waals surface area contributed by atoms with Gasteiger partial charge in [-0.15, -0.1) is 0 Å². The minimum Gasteiger partial charge on any atom is -0.341 e. The van der Waals surface area contributed by atoms with Crippen molar-refractivity contribution in [3.05, 3.63) is 27.8 Å². The molecular weight excluding hydrogens is 525 g/mol. The minimum absolute atomic E-state index is 0.229. The van der Waals surface area contributed by atoms with E-state index < -0.39 is 30.1 Å². The number of hydrogen-bond acceptors (Lipinski definition) is 6. The lowest BCUT2D eigenvalue weighted by atomic mass is 9.94. The first-order valence-electron chi connectivity index (χ1n) is 12.0. The zero-order chi connectivity index (χ0) is 21.8. The summed E-state index contributed by atoms with van der Waals surface area (Å²) in [5, 5.41) is 3.03. The molecule has 5 atom stereocenters. The normalized spacial score (nSPS) is 37.2. The zero-order valence-electron chi connectivity index (χ0n) is 18.1. The molecule has 32 heavy (non-hydrogen) atoms. The van der Waals surface area contributed by atoms with Gasteiger partial charge in [-0.3, -0.25) is 4.79 Å². The van der Waals surface area contributed by atoms with E-state index >= 15 is 0 Å². The van der Waals surface area contributed by atoms with Crippen molar-refractivity contribution in [2.75, 3.05) is 5.32 Å². The van der Waals surface area contributed by atoms with Crippen LogP contribution in [0.5, 0.6) is 0 Å². The number of carbonyl (C=O) groups is 1. The number of fused-ring (bicyclic) bond motifs is 3. The van der Waals surface area contributed by atoms with Crippen LogP contribution in [0.1, 0.15) is 64.2 Å². The van der Waals surface area contributed by atoms with Gasteiger partial charge in [0.15, 0.2) is 24.0 Å². The number of rotatable bonds is 2. The van der Waals surface area contributed by atoms with E-state index in [0.29, 0.717) is 0 Å². The number of benzene rings is 1. The molecule has 2 aliphatic carbocycles. The van der Waals surface area contributed by atoms with Crippen LogP contribution in [0, 0.1) is 3.57 Å². The van der Waals surface area contributed by atoms with Crippen molar-refractivity contribution >= 4 is 34.2 Å². The summed E-state index contributed by atoms with van der Waals surface area (Å²) in [6, 6.07) is 7.71. The molecule has 2 spiro atoms. The molecule has 6 rings (SSSR count). The van der Waals surface area contributed by atoms with Crippen LogP contribution in [0.4, 0.5) is 5.69 Å². The second-order valence-corrected chi connectivity index (χ2v) is 10.9. The summed E-state index contributed by atoms with van der Waals surface area (Å²) in [6.07, 6.45) is 7.34. The number of amides is 1. The molecule has 174 valence electrons. The van der Waals surface area contributed by atoms with Gasteiger partial charge >= 0.3 is 0 Å². The number of nitrogens with one attached hydrogen (secondary N) is 1. The molecule has 3 saturated heterocycles. The summed E-state index contributed by atoms with van der Waals surface area (Å²) in [4.78, 5) is 13.4. The predicted molar refractivity (Wildman–Crippen MR) is 124 cm³/mol. The number of ether oxygens (including phenoxy) is 5. The molecule has 1 aromatic rings. The van der Waals surface area contributed by atoms with Gasteiger partial charge in [0.2, 0.25) is 0 Å². The van der Waals surface area contributed by atoms with Gasteiger partial charge in [-0.2, -0.15) is 0 Å². The van der Waals surface area contributed by atoms with Crippen LogP contribution >= 0.6 is 22.6 Å². The monoisotopic (exact) mass is 555 g/mol. The van der Waals surface area contributed by atoms with E-state index in [1.54, 1.807) is 0 Å². The van der Waals surface area contributed by atoms with Crippen LogP contribution in [-0.2, 0) is 28.5 Å². The first-order chi connectivity index (χ1) is 15.6. The highest BCUT2D eigenvalue weighted by Crippen LogP contribution is 2.51. The third-order valence-electron chi connectivity index (χ3n) is 7.50. The van der Waals surface area contributed by atoms with E-state index in [9.17, 15) is 4.79 Å². The van der Waals surface area contributed by atoms with E-state index in [2.05, 4.69) is 27.9 Å². The Hall–Kier alpha value is -0.780. The van der Waals surface area contributed by atoms with E-state index in [4.69, 9.17) is 23.7 Å². The summed E-state index contributed by atoms with van der Waals surface area (Å²) < 4.78 is 33.3. The molecule has 1 amide bonds. The van der Waals surface area contributed by atoms with E-state index in [1.807, 2.05) is 24.3 Å². The van der Waals surface area contributed by atoms with Crippen LogP contribution in [0.3, 0.4) is 0 Å². The summed E-state index contributed by atoms with van der Waals surface area (Å²) in [7, 11) is 0. The lowest BCUT2D eigenvalue weighted by molar-refractivity contribution is -0.246. The highest BCUT2D eigenvalue weighted by molar-refractivity contribution is 14.1. The van der Waals surface area contributed by atoms with E-state index in [0.717, 1.165) is 60.6 Å². The third kappa shape index (κ3) is 3.80. The van der Waals surface area contributed by atoms with Crippen molar-refractivity contribution in [2.45, 2.75) is 106 Å². The minimum atomic E-state index is -0.819. The number of para-hydroxylation sites is 1. The van der Waals surface area contributed by atoms with Crippen LogP contribution < -0.4 is 5.32 Å². The molecule has 5 aliphatic rings. The van der Waals surface area contributed by atoms with Crippen LogP contribution in [0.2, 0.25) is 0 Å². The maximum Gasteiger partial charge on any atom is 0.256 e. The Morgan fingerprint density at radius 2 is 1.41 bits per heavy atom. The van der Waals surface area contributed by atoms with Crippen molar-refractivity contribution < 1.29 is 28.5 Å². The highest BCUT2D eigenvalue weighted by Gasteiger charge is 2.65. The van der Waals surface area contributed by atoms with E-state index in [-0.39, 0.29) is 18.1 Å². The van der Waals surface area contributed by atoms with Crippen molar-refractivity contribution in [1.82, 2.24) is 0 Å². The molecule has 7 nitrogen and oxygen atoms in total. The summed E-state index contributed by atoms with van der Waals surface area (Å²) >= 11 is 2.22. The molecule has 2 saturated carbocycles. The Labute approximate surface area is 202 Å². The number of hydrogen-bond donors (Lipinski definition) is 1. The lowest BCUT2D eigenvalue weighted by Gasteiger charge is -2.36. The third-order valence-corrected chi connectivity index (χ3v) is 8.44. The Morgan fingerprint density at radius 3 is 2.09 bits per heavy atom. The molecule has 0 aromatic heterocycles. The topological polar surface area (TPSA) is 75.3 Å². The first-order valence-corrected chi connectivity index (χ1v) is 13.1. The fourth-order valence-corrected chi connectivity index (χ4v) is 6.46. The van der Waals surface area contributed by atoms with Crippen molar-refractivity contribution in [1.29, 1.82) is 0 Å². The fourth-order valence-electron chi connectivity index (χ4n) is 5.93. The molecule has 3 aliphatic heterocycles. The molecular formula is C24H30INO6. The average molecular weight is 555 g/mol. The van der Waals surface area contributed by atoms with Gasteiger partial charge in [-0.25, -0.2) is 0 Å². The lowest BCUT2D eigenvalue weighted by Crippen LogP contribution is -2.58. The smallest absolute Gasteiger partial charge is 0.256 e. The number of anilines is 1. The van der Waals surface area contributed by atoms with Crippen molar-refractivity contribution in [2.24, 2.45) is 0 Å². The quantitative estimate of drug-likeness (QED) is 0.543. The Bertz CT molecular complexity index is 868. The average Bonchev–Trinajstić information content (AvgIpc) is 3.33. The Kier molecular flexibility index (Phi) is 5.75. The summed E-state index contributed by atoms with van der Waals surface area (Å²) in [5.41, 5.74) is 0.763. The Balaban J connectivity index is 1.28. The van der Waals surface area contributed by atoms with Gasteiger partial charge in [-0.1, -0.05) is 25.0 Å². The molecule has 3 heterocycles. The van der Waals surface area contributed by atoms with Gasteiger partial charge in [0.1, 0.15) is 18.3 Å². The maximum absolute atomic E-state index is 13.4. The first kappa shape index (κ1) is 21.7. The van der Waals surface area contributed by atoms with Crippen LogP contribution in [0.15, 0.2) is 24.3 Å². The predicted octanol–water partition coefficient (Wildman–Crippen LogP) is 4.47. The second-order valence-electron chi connectivity index (χ2n) is 9.70. The van der Waals surface area contributed by atoms with Crippen LogP contribution in [0.25, 0.3) is 0 Å². The molecule has 5 fully saturated rings. The Morgan fingerprint density at radius 1 is 0.812 bits per heavy atom. The molecule has 0 bridgehead atoms. The van der Waals surface area contributed by atoms with Gasteiger partial charge in [-0.05, 0) is 60.4 Å². The van der Waals surface area contributed by atoms with Crippen LogP contribution in [-0.4, -0.2) is 48.2 Å². The van der Waals surface area contributed by atoms with Gasteiger partial charge in [0.25, 0.3) is 5.91 Å². The molecule has 1 aromatic carbocycles. The standard InChI is InChI=1S/C24H30INO6/c25-15-9-3-4-10-16(15)26-21(27)19-17-18(30-23(29-17)11-5-1-6-12-23)20-22(28-19)32-24(31-20)13-7-2-8-14-24/h3-4,9-10,17-20,22H,1-2,5-8,11-14H2,(H,26,27)/t17-,18+,19+,20+,22+/m0/s1. The second kappa shape index (κ2) is 8.46. The molecule has 1 N–H and O–H groups in total.